The first-order chi connectivity index (χ1) is 12.0. The molecule has 0 aliphatic rings. The smallest absolute Gasteiger partial charge is 0.0976 e. The molecule has 3 heteroatoms. The third-order valence-electron chi connectivity index (χ3n) is 4.60. The number of para-hydroxylation sites is 1. The lowest BCUT2D eigenvalue weighted by molar-refractivity contribution is 0.512. The van der Waals surface area contributed by atoms with Gasteiger partial charge in [-0.25, -0.2) is 0 Å². The van der Waals surface area contributed by atoms with Crippen molar-refractivity contribution >= 4 is 19.2 Å². The lowest BCUT2D eigenvalue weighted by atomic mass is 9.93. The number of hydrogen-bond donors (Lipinski definition) is 1. The van der Waals surface area contributed by atoms with Crippen LogP contribution in [0.3, 0.4) is 0 Å². The molecule has 0 fully saturated rings. The fourth-order valence-corrected chi connectivity index (χ4v) is 5.25. The van der Waals surface area contributed by atoms with Gasteiger partial charge in [-0.1, -0.05) is 90.1 Å². The summed E-state index contributed by atoms with van der Waals surface area (Å²) in [6.07, 6.45) is 0. The first-order valence-electron chi connectivity index (χ1n) is 9.49. The van der Waals surface area contributed by atoms with Crippen LogP contribution < -0.4 is 10.4 Å². The van der Waals surface area contributed by atoms with Crippen molar-refractivity contribution in [2.75, 3.05) is 18.2 Å². The van der Waals surface area contributed by atoms with Crippen molar-refractivity contribution in [1.82, 2.24) is 4.67 Å². The van der Waals surface area contributed by atoms with E-state index in [1.807, 2.05) is 0 Å². The molecule has 1 atom stereocenters. The van der Waals surface area contributed by atoms with Gasteiger partial charge in [0.1, 0.15) is 0 Å². The second-order valence-electron chi connectivity index (χ2n) is 7.02. The van der Waals surface area contributed by atoms with E-state index in [2.05, 4.69) is 99.8 Å². The van der Waals surface area contributed by atoms with E-state index < -0.39 is 8.22 Å². The van der Waals surface area contributed by atoms with E-state index in [9.17, 15) is 0 Å². The highest BCUT2D eigenvalue weighted by Crippen LogP contribution is 2.44. The van der Waals surface area contributed by atoms with Crippen LogP contribution in [0.25, 0.3) is 0 Å². The number of rotatable bonds is 8. The van der Waals surface area contributed by atoms with Gasteiger partial charge < -0.3 is 5.09 Å². The number of benzene rings is 2. The first kappa shape index (κ1) is 19.9. The normalized spacial score (nSPS) is 12.8. The Labute approximate surface area is 155 Å². The van der Waals surface area contributed by atoms with E-state index in [4.69, 9.17) is 0 Å². The molecule has 136 valence electrons. The third kappa shape index (κ3) is 4.84. The first-order valence-corrected chi connectivity index (χ1v) is 10.8. The van der Waals surface area contributed by atoms with E-state index in [0.717, 1.165) is 13.1 Å². The predicted octanol–water partition coefficient (Wildman–Crippen LogP) is 6.32. The molecule has 0 spiro atoms. The van der Waals surface area contributed by atoms with Gasteiger partial charge in [0, 0.05) is 24.1 Å². The van der Waals surface area contributed by atoms with E-state index in [0.29, 0.717) is 11.8 Å². The van der Waals surface area contributed by atoms with Gasteiger partial charge in [-0.2, -0.15) is 0 Å². The minimum atomic E-state index is -0.594. The Morgan fingerprint density at radius 1 is 0.800 bits per heavy atom. The molecule has 2 rings (SSSR count). The molecule has 0 aromatic heterocycles. The van der Waals surface area contributed by atoms with Crippen LogP contribution in [-0.4, -0.2) is 17.8 Å². The molecular formula is C22H33N2P. The molecule has 25 heavy (non-hydrogen) atoms. The Hall–Kier alpha value is -1.37. The Kier molecular flexibility index (Phi) is 7.47. The van der Waals surface area contributed by atoms with E-state index >= 15 is 0 Å². The lowest BCUT2D eigenvalue weighted by Gasteiger charge is -2.33. The van der Waals surface area contributed by atoms with Gasteiger partial charge in [0.05, 0.1) is 8.22 Å². The standard InChI is InChI=1S/C22H33N2P/c1-7-24(8-2)25(19-13-10-9-11-14-19)23-22-20(17(3)4)15-12-16-21(22)18(5)6/h9-18,23H,7-8H2,1-6H3. The zero-order valence-electron chi connectivity index (χ0n) is 16.6. The maximum Gasteiger partial charge on any atom is 0.0976 e. The summed E-state index contributed by atoms with van der Waals surface area (Å²) in [5, 5.41) is 5.37. The summed E-state index contributed by atoms with van der Waals surface area (Å²) in [6, 6.07) is 17.7. The molecule has 0 amide bonds. The summed E-state index contributed by atoms with van der Waals surface area (Å²) >= 11 is 0. The minimum Gasteiger partial charge on any atom is -0.348 e. The molecule has 2 nitrogen and oxygen atoms in total. The number of nitrogens with one attached hydrogen (secondary N) is 1. The maximum absolute atomic E-state index is 3.99. The van der Waals surface area contributed by atoms with Crippen molar-refractivity contribution in [3.05, 3.63) is 59.7 Å². The van der Waals surface area contributed by atoms with Crippen LogP contribution in [0, 0.1) is 0 Å². The zero-order chi connectivity index (χ0) is 18.4. The summed E-state index contributed by atoms with van der Waals surface area (Å²) in [7, 11) is -0.594. The number of anilines is 1. The molecule has 0 bridgehead atoms. The van der Waals surface area contributed by atoms with Crippen LogP contribution in [-0.2, 0) is 0 Å². The average molecular weight is 356 g/mol. The van der Waals surface area contributed by atoms with E-state index in [-0.39, 0.29) is 0 Å². The highest BCUT2D eigenvalue weighted by atomic mass is 31.1. The average Bonchev–Trinajstić information content (AvgIpc) is 2.62. The SMILES string of the molecule is CCN(CC)P(Nc1c(C(C)C)cccc1C(C)C)c1ccccc1. The Morgan fingerprint density at radius 2 is 1.32 bits per heavy atom. The monoisotopic (exact) mass is 356 g/mol. The van der Waals surface area contributed by atoms with Gasteiger partial charge in [-0.05, 0) is 23.0 Å². The molecular weight excluding hydrogens is 323 g/mol. The summed E-state index contributed by atoms with van der Waals surface area (Å²) in [6.45, 7) is 15.7. The molecule has 0 aliphatic carbocycles. The molecule has 0 saturated carbocycles. The molecule has 2 aromatic rings. The fraction of sp³-hybridized carbons (Fsp3) is 0.455. The van der Waals surface area contributed by atoms with Crippen molar-refractivity contribution < 1.29 is 0 Å². The quantitative estimate of drug-likeness (QED) is 0.556. The van der Waals surface area contributed by atoms with Crippen LogP contribution >= 0.6 is 8.22 Å². The lowest BCUT2D eigenvalue weighted by Crippen LogP contribution is -2.27. The van der Waals surface area contributed by atoms with Gasteiger partial charge in [0.15, 0.2) is 0 Å². The summed E-state index contributed by atoms with van der Waals surface area (Å²) in [5.41, 5.74) is 4.18. The second-order valence-corrected chi connectivity index (χ2v) is 8.95. The van der Waals surface area contributed by atoms with Crippen LogP contribution in [0.4, 0.5) is 5.69 Å². The number of nitrogens with zero attached hydrogens (tertiary/aromatic N) is 1. The maximum atomic E-state index is 3.99. The molecule has 0 heterocycles. The van der Waals surface area contributed by atoms with Crippen LogP contribution in [0.2, 0.25) is 0 Å². The highest BCUT2D eigenvalue weighted by molar-refractivity contribution is 7.64. The Balaban J connectivity index is 2.52. The van der Waals surface area contributed by atoms with Crippen molar-refractivity contribution in [3.63, 3.8) is 0 Å². The predicted molar refractivity (Wildman–Crippen MR) is 114 cm³/mol. The highest BCUT2D eigenvalue weighted by Gasteiger charge is 2.22. The summed E-state index contributed by atoms with van der Waals surface area (Å²) in [5.74, 6) is 1.01. The Morgan fingerprint density at radius 3 is 1.76 bits per heavy atom. The second kappa shape index (κ2) is 9.36. The van der Waals surface area contributed by atoms with E-state index in [1.165, 1.54) is 22.1 Å². The van der Waals surface area contributed by atoms with Crippen LogP contribution in [0.15, 0.2) is 48.5 Å². The van der Waals surface area contributed by atoms with Gasteiger partial charge >= 0.3 is 0 Å². The van der Waals surface area contributed by atoms with Gasteiger partial charge in [-0.3, -0.25) is 4.67 Å². The topological polar surface area (TPSA) is 15.3 Å². The molecule has 1 unspecified atom stereocenters. The molecule has 0 aliphatic heterocycles. The van der Waals surface area contributed by atoms with Crippen molar-refractivity contribution in [1.29, 1.82) is 0 Å². The fourth-order valence-electron chi connectivity index (χ4n) is 3.16. The molecule has 0 saturated heterocycles. The van der Waals surface area contributed by atoms with Crippen molar-refractivity contribution in [2.24, 2.45) is 0 Å². The van der Waals surface area contributed by atoms with Gasteiger partial charge in [0.25, 0.3) is 0 Å². The minimum absolute atomic E-state index is 0.505. The molecule has 1 N–H and O–H groups in total. The summed E-state index contributed by atoms with van der Waals surface area (Å²) in [4.78, 5) is 0. The van der Waals surface area contributed by atoms with Crippen LogP contribution in [0.5, 0.6) is 0 Å². The molecule has 0 radical (unpaired) electrons. The van der Waals surface area contributed by atoms with Crippen LogP contribution in [0.1, 0.15) is 64.5 Å². The number of hydrogen-bond acceptors (Lipinski definition) is 2. The van der Waals surface area contributed by atoms with Crippen molar-refractivity contribution in [3.8, 4) is 0 Å². The molecule has 2 aromatic carbocycles. The van der Waals surface area contributed by atoms with E-state index in [1.54, 1.807) is 0 Å². The van der Waals surface area contributed by atoms with Gasteiger partial charge in [0.2, 0.25) is 0 Å². The summed E-state index contributed by atoms with van der Waals surface area (Å²) < 4.78 is 2.55. The van der Waals surface area contributed by atoms with Crippen molar-refractivity contribution in [2.45, 2.75) is 53.4 Å². The largest absolute Gasteiger partial charge is 0.348 e. The Bertz CT molecular complexity index is 622. The third-order valence-corrected chi connectivity index (χ3v) is 6.96. The zero-order valence-corrected chi connectivity index (χ0v) is 17.5. The van der Waals surface area contributed by atoms with Gasteiger partial charge in [-0.15, -0.1) is 0 Å².